The lowest BCUT2D eigenvalue weighted by Crippen LogP contribution is -2.25. The van der Waals surface area contributed by atoms with Crippen LogP contribution in [0.25, 0.3) is 0 Å². The van der Waals surface area contributed by atoms with Gasteiger partial charge in [0.2, 0.25) is 0 Å². The summed E-state index contributed by atoms with van der Waals surface area (Å²) in [5.41, 5.74) is -0.740. The summed E-state index contributed by atoms with van der Waals surface area (Å²) in [6.07, 6.45) is 0.233. The van der Waals surface area contributed by atoms with Crippen molar-refractivity contribution in [2.24, 2.45) is 0 Å². The minimum Gasteiger partial charge on any atom is -0.515 e. The first-order valence-corrected chi connectivity index (χ1v) is 4.31. The van der Waals surface area contributed by atoms with Crippen LogP contribution in [0.5, 0.6) is 0 Å². The molecule has 15 heavy (non-hydrogen) atoms. The smallest absolute Gasteiger partial charge is 0.380 e. The van der Waals surface area contributed by atoms with Gasteiger partial charge in [0.1, 0.15) is 5.57 Å². The molecule has 0 saturated carbocycles. The molecule has 6 nitrogen and oxygen atoms in total. The first-order chi connectivity index (χ1) is 7.08. The minimum absolute atomic E-state index is 0.00606. The normalized spacial score (nSPS) is 10.7. The fourth-order valence-corrected chi connectivity index (χ4v) is 0.719. The second-order valence-corrected chi connectivity index (χ2v) is 2.31. The molecule has 6 heteroatoms. The summed E-state index contributed by atoms with van der Waals surface area (Å²) in [5, 5.41) is 8.62. The Morgan fingerprint density at radius 1 is 1.07 bits per heavy atom. The Kier molecular flexibility index (Phi) is 5.77. The van der Waals surface area contributed by atoms with Gasteiger partial charge in [-0.05, 0) is 13.8 Å². The predicted molar refractivity (Wildman–Crippen MR) is 49.0 cm³/mol. The number of carbonyl (C=O) groups excluding carboxylic acids is 3. The first kappa shape index (κ1) is 13.2. The highest BCUT2D eigenvalue weighted by atomic mass is 16.5. The number of Topliss-reactive ketones (excluding diaryl/α,β-unsaturated/α-hetero) is 1. The number of ether oxygens (including phenoxy) is 2. The van der Waals surface area contributed by atoms with Crippen LogP contribution in [0, 0.1) is 0 Å². The van der Waals surface area contributed by atoms with Gasteiger partial charge in [-0.3, -0.25) is 4.79 Å². The molecule has 0 unspecified atom stereocenters. The second kappa shape index (κ2) is 6.58. The molecule has 0 fully saturated rings. The lowest BCUT2D eigenvalue weighted by Gasteiger charge is -2.03. The Balaban J connectivity index is 4.63. The number of carbonyl (C=O) groups is 3. The largest absolute Gasteiger partial charge is 0.515 e. The number of hydrogen-bond acceptors (Lipinski definition) is 6. The van der Waals surface area contributed by atoms with Crippen LogP contribution in [0.3, 0.4) is 0 Å². The molecule has 0 aliphatic rings. The highest BCUT2D eigenvalue weighted by Gasteiger charge is 2.27. The number of aliphatic hydroxyl groups excluding tert-OH is 1. The summed E-state index contributed by atoms with van der Waals surface area (Å²) in [6.45, 7) is 3.08. The molecule has 0 radical (unpaired) electrons. The molecule has 0 aromatic rings. The summed E-state index contributed by atoms with van der Waals surface area (Å²) < 4.78 is 8.82. The molecule has 0 aliphatic carbocycles. The van der Waals surface area contributed by atoms with Crippen molar-refractivity contribution in [3.8, 4) is 0 Å². The lowest BCUT2D eigenvalue weighted by atomic mass is 10.2. The highest BCUT2D eigenvalue weighted by molar-refractivity contribution is 6.46. The molecule has 0 aliphatic heterocycles. The van der Waals surface area contributed by atoms with E-state index in [2.05, 4.69) is 9.47 Å². The number of hydrogen-bond donors (Lipinski definition) is 1. The molecule has 84 valence electrons. The Labute approximate surface area is 86.5 Å². The van der Waals surface area contributed by atoms with Crippen LogP contribution in [-0.2, 0) is 23.9 Å². The number of ketones is 1. The zero-order valence-electron chi connectivity index (χ0n) is 8.48. The van der Waals surface area contributed by atoms with Gasteiger partial charge in [-0.15, -0.1) is 0 Å². The van der Waals surface area contributed by atoms with Gasteiger partial charge in [-0.2, -0.15) is 0 Å². The Bertz CT molecular complexity index is 291. The molecule has 1 N–H and O–H groups in total. The van der Waals surface area contributed by atoms with E-state index in [0.717, 1.165) is 0 Å². The SMILES string of the molecule is CCOC(=O)C(=O)/C(=C/O)C(=O)OCC. The van der Waals surface area contributed by atoms with Gasteiger partial charge in [0.25, 0.3) is 5.78 Å². The molecular weight excluding hydrogens is 204 g/mol. The van der Waals surface area contributed by atoms with Gasteiger partial charge < -0.3 is 14.6 Å². The van der Waals surface area contributed by atoms with Gasteiger partial charge in [0, 0.05) is 0 Å². The molecule has 0 amide bonds. The Morgan fingerprint density at radius 2 is 1.53 bits per heavy atom. The van der Waals surface area contributed by atoms with Crippen LogP contribution in [-0.4, -0.2) is 36.0 Å². The third-order valence-electron chi connectivity index (χ3n) is 1.33. The fourth-order valence-electron chi connectivity index (χ4n) is 0.719. The van der Waals surface area contributed by atoms with Gasteiger partial charge in [0.05, 0.1) is 19.5 Å². The van der Waals surface area contributed by atoms with E-state index in [4.69, 9.17) is 5.11 Å². The van der Waals surface area contributed by atoms with E-state index in [0.29, 0.717) is 0 Å². The van der Waals surface area contributed by atoms with Crippen molar-refractivity contribution in [3.05, 3.63) is 11.8 Å². The molecule has 0 atom stereocenters. The Morgan fingerprint density at radius 3 is 1.93 bits per heavy atom. The maximum atomic E-state index is 11.2. The third-order valence-corrected chi connectivity index (χ3v) is 1.33. The second-order valence-electron chi connectivity index (χ2n) is 2.31. The van der Waals surface area contributed by atoms with Crippen LogP contribution in [0.2, 0.25) is 0 Å². The maximum Gasteiger partial charge on any atom is 0.380 e. The summed E-state index contributed by atoms with van der Waals surface area (Å²) in [4.78, 5) is 33.1. The van der Waals surface area contributed by atoms with Gasteiger partial charge in [-0.1, -0.05) is 0 Å². The first-order valence-electron chi connectivity index (χ1n) is 4.31. The number of rotatable bonds is 5. The summed E-state index contributed by atoms with van der Waals surface area (Å²) in [7, 11) is 0. The zero-order chi connectivity index (χ0) is 11.8. The van der Waals surface area contributed by atoms with Crippen LogP contribution >= 0.6 is 0 Å². The van der Waals surface area contributed by atoms with Gasteiger partial charge in [0.15, 0.2) is 0 Å². The van der Waals surface area contributed by atoms with Crippen molar-refractivity contribution in [3.63, 3.8) is 0 Å². The zero-order valence-corrected chi connectivity index (χ0v) is 8.48. The predicted octanol–water partition coefficient (Wildman–Crippen LogP) is 0.124. The molecule has 0 rings (SSSR count). The van der Waals surface area contributed by atoms with Crippen LogP contribution in [0.15, 0.2) is 11.8 Å². The van der Waals surface area contributed by atoms with Crippen LogP contribution < -0.4 is 0 Å². The molecule has 0 heterocycles. The number of aliphatic hydroxyl groups is 1. The Hall–Kier alpha value is -1.85. The van der Waals surface area contributed by atoms with E-state index >= 15 is 0 Å². The van der Waals surface area contributed by atoms with Gasteiger partial charge in [-0.25, -0.2) is 9.59 Å². The molecule has 0 bridgehead atoms. The van der Waals surface area contributed by atoms with Crippen molar-refractivity contribution in [1.82, 2.24) is 0 Å². The van der Waals surface area contributed by atoms with Crippen LogP contribution in [0.1, 0.15) is 13.8 Å². The quantitative estimate of drug-likeness (QED) is 0.175. The van der Waals surface area contributed by atoms with E-state index in [1.165, 1.54) is 13.8 Å². The van der Waals surface area contributed by atoms with E-state index < -0.39 is 23.3 Å². The van der Waals surface area contributed by atoms with Crippen molar-refractivity contribution < 1.29 is 29.0 Å². The van der Waals surface area contributed by atoms with Crippen molar-refractivity contribution in [1.29, 1.82) is 0 Å². The van der Waals surface area contributed by atoms with E-state index in [9.17, 15) is 14.4 Å². The molecule has 0 aromatic carbocycles. The lowest BCUT2D eigenvalue weighted by molar-refractivity contribution is -0.154. The summed E-state index contributed by atoms with van der Waals surface area (Å²) >= 11 is 0. The fraction of sp³-hybridized carbons (Fsp3) is 0.444. The van der Waals surface area contributed by atoms with Crippen molar-refractivity contribution >= 4 is 17.7 Å². The van der Waals surface area contributed by atoms with Crippen molar-refractivity contribution in [2.75, 3.05) is 13.2 Å². The minimum atomic E-state index is -1.22. The summed E-state index contributed by atoms with van der Waals surface area (Å²) in [6, 6.07) is 0. The highest BCUT2D eigenvalue weighted by Crippen LogP contribution is 2.01. The standard InChI is InChI=1S/C9H12O6/c1-3-14-8(12)6(5-10)7(11)9(13)15-4-2/h5,10H,3-4H2,1-2H3/b6-5-. The molecule has 0 spiro atoms. The van der Waals surface area contributed by atoms with Crippen LogP contribution in [0.4, 0.5) is 0 Å². The molecule has 0 aromatic heterocycles. The van der Waals surface area contributed by atoms with E-state index in [1.807, 2.05) is 0 Å². The molecular formula is C9H12O6. The van der Waals surface area contributed by atoms with Gasteiger partial charge >= 0.3 is 11.9 Å². The average Bonchev–Trinajstić information content (AvgIpc) is 2.19. The topological polar surface area (TPSA) is 89.9 Å². The van der Waals surface area contributed by atoms with E-state index in [-0.39, 0.29) is 19.5 Å². The van der Waals surface area contributed by atoms with E-state index in [1.54, 1.807) is 0 Å². The molecule has 0 saturated heterocycles. The average molecular weight is 216 g/mol. The summed E-state index contributed by atoms with van der Waals surface area (Å²) in [5.74, 6) is -3.48. The van der Waals surface area contributed by atoms with Crippen molar-refractivity contribution in [2.45, 2.75) is 13.8 Å². The third kappa shape index (κ3) is 3.80. The maximum absolute atomic E-state index is 11.2. The monoisotopic (exact) mass is 216 g/mol. The number of esters is 2.